The van der Waals surface area contributed by atoms with Crippen molar-refractivity contribution in [3.05, 3.63) is 0 Å². The lowest BCUT2D eigenvalue weighted by atomic mass is 9.78. The number of hydrogen-bond acceptors (Lipinski definition) is 3. The molecule has 1 saturated heterocycles. The van der Waals surface area contributed by atoms with Crippen LogP contribution >= 0.6 is 0 Å². The number of nitrogens with one attached hydrogen (secondary N) is 1. The van der Waals surface area contributed by atoms with Gasteiger partial charge in [0, 0.05) is 25.8 Å². The highest BCUT2D eigenvalue weighted by atomic mass is 16.5. The first-order valence-electron chi connectivity index (χ1n) is 8.30. The van der Waals surface area contributed by atoms with Gasteiger partial charge in [-0.2, -0.15) is 0 Å². The number of carbonyl (C=O) groups excluding carboxylic acids is 1. The monoisotopic (exact) mass is 282 g/mol. The molecule has 0 spiro atoms. The minimum Gasteiger partial charge on any atom is -0.381 e. The van der Waals surface area contributed by atoms with Crippen molar-refractivity contribution in [3.63, 3.8) is 0 Å². The fourth-order valence-corrected chi connectivity index (χ4v) is 3.70. The van der Waals surface area contributed by atoms with Crippen LogP contribution in [0.15, 0.2) is 0 Å². The van der Waals surface area contributed by atoms with E-state index in [1.807, 2.05) is 0 Å². The Labute approximate surface area is 122 Å². The zero-order chi connectivity index (χ0) is 14.4. The van der Waals surface area contributed by atoms with Crippen LogP contribution < -0.4 is 11.1 Å². The number of carbonyl (C=O) groups is 1. The van der Waals surface area contributed by atoms with Crippen molar-refractivity contribution in [2.24, 2.45) is 17.1 Å². The van der Waals surface area contributed by atoms with E-state index in [1.54, 1.807) is 0 Å². The Morgan fingerprint density at radius 2 is 1.95 bits per heavy atom. The van der Waals surface area contributed by atoms with Gasteiger partial charge >= 0.3 is 0 Å². The van der Waals surface area contributed by atoms with Crippen LogP contribution in [0, 0.1) is 11.3 Å². The number of hydrogen-bond donors (Lipinski definition) is 2. The van der Waals surface area contributed by atoms with Crippen molar-refractivity contribution in [2.45, 2.75) is 64.3 Å². The van der Waals surface area contributed by atoms with Gasteiger partial charge in [-0.15, -0.1) is 0 Å². The molecule has 116 valence electrons. The number of amides is 1. The largest absolute Gasteiger partial charge is 0.381 e. The number of nitrogens with two attached hydrogens (primary N) is 1. The van der Waals surface area contributed by atoms with Crippen LogP contribution in [-0.2, 0) is 9.53 Å². The highest BCUT2D eigenvalue weighted by Crippen LogP contribution is 2.32. The third-order valence-corrected chi connectivity index (χ3v) is 5.30. The summed E-state index contributed by atoms with van der Waals surface area (Å²) in [6, 6.07) is 0.328. The average molecular weight is 282 g/mol. The molecule has 1 atom stereocenters. The first kappa shape index (κ1) is 15.8. The van der Waals surface area contributed by atoms with Gasteiger partial charge in [0.2, 0.25) is 5.91 Å². The summed E-state index contributed by atoms with van der Waals surface area (Å²) in [5.41, 5.74) is 5.53. The Morgan fingerprint density at radius 3 is 2.50 bits per heavy atom. The summed E-state index contributed by atoms with van der Waals surface area (Å²) in [6.45, 7) is 3.93. The van der Waals surface area contributed by atoms with Crippen molar-refractivity contribution in [3.8, 4) is 0 Å². The Kier molecular flexibility index (Phi) is 5.85. The molecule has 0 aromatic heterocycles. The van der Waals surface area contributed by atoms with E-state index in [4.69, 9.17) is 10.5 Å². The van der Waals surface area contributed by atoms with Gasteiger partial charge in [0.15, 0.2) is 0 Å². The molecule has 2 fully saturated rings. The molecular formula is C16H30N2O2. The van der Waals surface area contributed by atoms with Gasteiger partial charge in [0.1, 0.15) is 0 Å². The second-order valence-corrected chi connectivity index (χ2v) is 6.48. The third-order valence-electron chi connectivity index (χ3n) is 5.30. The summed E-state index contributed by atoms with van der Waals surface area (Å²) in [4.78, 5) is 12.7. The highest BCUT2D eigenvalue weighted by Gasteiger charge is 2.40. The molecule has 1 heterocycles. The zero-order valence-electron chi connectivity index (χ0n) is 12.8. The minimum atomic E-state index is -0.389. The van der Waals surface area contributed by atoms with Gasteiger partial charge in [-0.3, -0.25) is 4.79 Å². The lowest BCUT2D eigenvalue weighted by Gasteiger charge is -2.38. The maximum absolute atomic E-state index is 12.7. The SMILES string of the molecule is CCC(NC(=O)C1(CN)CCOCC1)C1CCCCC1. The lowest BCUT2D eigenvalue weighted by Crippen LogP contribution is -2.53. The molecule has 2 rings (SSSR count). The molecule has 1 saturated carbocycles. The molecular weight excluding hydrogens is 252 g/mol. The summed E-state index contributed by atoms with van der Waals surface area (Å²) in [5.74, 6) is 0.827. The van der Waals surface area contributed by atoms with Crippen molar-refractivity contribution in [2.75, 3.05) is 19.8 Å². The maximum Gasteiger partial charge on any atom is 0.227 e. The Balaban J connectivity index is 1.96. The molecule has 0 aromatic rings. The summed E-state index contributed by atoms with van der Waals surface area (Å²) in [7, 11) is 0. The predicted octanol–water partition coefficient (Wildman–Crippen LogP) is 2.22. The Bertz CT molecular complexity index is 308. The molecule has 0 bridgehead atoms. The van der Waals surface area contributed by atoms with Crippen LogP contribution in [0.3, 0.4) is 0 Å². The molecule has 1 aliphatic carbocycles. The van der Waals surface area contributed by atoms with Crippen molar-refractivity contribution < 1.29 is 9.53 Å². The highest BCUT2D eigenvalue weighted by molar-refractivity contribution is 5.83. The van der Waals surface area contributed by atoms with Crippen molar-refractivity contribution in [1.29, 1.82) is 0 Å². The van der Waals surface area contributed by atoms with E-state index in [-0.39, 0.29) is 11.3 Å². The minimum absolute atomic E-state index is 0.167. The number of rotatable bonds is 5. The van der Waals surface area contributed by atoms with Crippen molar-refractivity contribution in [1.82, 2.24) is 5.32 Å². The van der Waals surface area contributed by atoms with Crippen LogP contribution in [0.1, 0.15) is 58.3 Å². The molecule has 1 unspecified atom stereocenters. The Morgan fingerprint density at radius 1 is 1.30 bits per heavy atom. The second-order valence-electron chi connectivity index (χ2n) is 6.48. The van der Waals surface area contributed by atoms with E-state index in [0.29, 0.717) is 31.7 Å². The van der Waals surface area contributed by atoms with Gasteiger partial charge < -0.3 is 15.8 Å². The first-order chi connectivity index (χ1) is 9.72. The topological polar surface area (TPSA) is 64.4 Å². The quantitative estimate of drug-likeness (QED) is 0.812. The second kappa shape index (κ2) is 7.41. The molecule has 2 aliphatic rings. The fraction of sp³-hybridized carbons (Fsp3) is 0.938. The zero-order valence-corrected chi connectivity index (χ0v) is 12.8. The normalized spacial score (nSPS) is 25.1. The summed E-state index contributed by atoms with van der Waals surface area (Å²) < 4.78 is 5.39. The van der Waals surface area contributed by atoms with Crippen LogP contribution in [0.25, 0.3) is 0 Å². The first-order valence-corrected chi connectivity index (χ1v) is 8.30. The van der Waals surface area contributed by atoms with E-state index in [1.165, 1.54) is 32.1 Å². The lowest BCUT2D eigenvalue weighted by molar-refractivity contribution is -0.137. The predicted molar refractivity (Wildman–Crippen MR) is 80.3 cm³/mol. The molecule has 20 heavy (non-hydrogen) atoms. The fourth-order valence-electron chi connectivity index (χ4n) is 3.70. The molecule has 3 N–H and O–H groups in total. The maximum atomic E-state index is 12.7. The molecule has 4 nitrogen and oxygen atoms in total. The molecule has 1 amide bonds. The van der Waals surface area contributed by atoms with Gasteiger partial charge in [-0.25, -0.2) is 0 Å². The standard InChI is InChI=1S/C16H30N2O2/c1-2-14(13-6-4-3-5-7-13)18-15(19)16(12-17)8-10-20-11-9-16/h13-14H,2-12,17H2,1H3,(H,18,19). The van der Waals surface area contributed by atoms with E-state index < -0.39 is 0 Å². The van der Waals surface area contributed by atoms with Gasteiger partial charge in [0.25, 0.3) is 0 Å². The van der Waals surface area contributed by atoms with E-state index in [0.717, 1.165) is 19.3 Å². The smallest absolute Gasteiger partial charge is 0.227 e. The van der Waals surface area contributed by atoms with Gasteiger partial charge in [0.05, 0.1) is 5.41 Å². The van der Waals surface area contributed by atoms with E-state index >= 15 is 0 Å². The van der Waals surface area contributed by atoms with Crippen LogP contribution in [0.2, 0.25) is 0 Å². The van der Waals surface area contributed by atoms with E-state index in [2.05, 4.69) is 12.2 Å². The van der Waals surface area contributed by atoms with Crippen LogP contribution in [0.5, 0.6) is 0 Å². The summed E-state index contributed by atoms with van der Waals surface area (Å²) in [6.07, 6.45) is 9.04. The molecule has 4 heteroatoms. The van der Waals surface area contributed by atoms with Crippen LogP contribution in [0.4, 0.5) is 0 Å². The van der Waals surface area contributed by atoms with E-state index in [9.17, 15) is 4.79 Å². The molecule has 0 radical (unpaired) electrons. The van der Waals surface area contributed by atoms with Gasteiger partial charge in [-0.1, -0.05) is 26.2 Å². The Hall–Kier alpha value is -0.610. The summed E-state index contributed by atoms with van der Waals surface area (Å²) >= 11 is 0. The summed E-state index contributed by atoms with van der Waals surface area (Å²) in [5, 5.41) is 3.32. The number of ether oxygens (including phenoxy) is 1. The average Bonchev–Trinajstić information content (AvgIpc) is 2.53. The van der Waals surface area contributed by atoms with Gasteiger partial charge in [-0.05, 0) is 38.0 Å². The molecule has 0 aromatic carbocycles. The third kappa shape index (κ3) is 3.53. The molecule has 1 aliphatic heterocycles. The van der Waals surface area contributed by atoms with Crippen LogP contribution in [-0.4, -0.2) is 31.7 Å². The van der Waals surface area contributed by atoms with Crippen molar-refractivity contribution >= 4 is 5.91 Å².